The van der Waals surface area contributed by atoms with Gasteiger partial charge in [-0.2, -0.15) is 5.10 Å². The number of benzene rings is 1. The predicted octanol–water partition coefficient (Wildman–Crippen LogP) is 2.04. The molecule has 0 aliphatic carbocycles. The van der Waals surface area contributed by atoms with Crippen molar-refractivity contribution in [2.24, 2.45) is 0 Å². The maximum Gasteiger partial charge on any atom is 0.267 e. The third-order valence-electron chi connectivity index (χ3n) is 3.64. The minimum absolute atomic E-state index is 0.0335. The number of nitrogens with zero attached hydrogens (tertiary/aromatic N) is 2. The molecule has 0 radical (unpaired) electrons. The minimum Gasteiger partial charge on any atom is -0.463 e. The van der Waals surface area contributed by atoms with E-state index in [1.807, 2.05) is 0 Å². The lowest BCUT2D eigenvalue weighted by molar-refractivity contribution is 0.456. The number of hydrogen-bond donors (Lipinski definition) is 1. The van der Waals surface area contributed by atoms with E-state index in [1.54, 1.807) is 43.3 Å². The summed E-state index contributed by atoms with van der Waals surface area (Å²) in [5, 5.41) is 4.26. The highest BCUT2D eigenvalue weighted by atomic mass is 32.2. The first-order chi connectivity index (χ1) is 12.0. The SMILES string of the molecule is CC(CNS(=O)(=O)c1ccccc1)n1nc(-c2ccco2)ccc1=O. The number of sulfonamides is 1. The van der Waals surface area contributed by atoms with Crippen LogP contribution in [-0.4, -0.2) is 24.7 Å². The third kappa shape index (κ3) is 3.86. The van der Waals surface area contributed by atoms with Gasteiger partial charge in [0.15, 0.2) is 5.76 Å². The van der Waals surface area contributed by atoms with E-state index in [4.69, 9.17) is 4.42 Å². The molecule has 1 unspecified atom stereocenters. The molecule has 3 rings (SSSR count). The molecule has 2 aromatic heterocycles. The van der Waals surface area contributed by atoms with Crippen LogP contribution in [0.4, 0.5) is 0 Å². The van der Waals surface area contributed by atoms with Crippen LogP contribution in [0.5, 0.6) is 0 Å². The Kier molecular flexibility index (Phi) is 4.82. The van der Waals surface area contributed by atoms with Gasteiger partial charge in [-0.15, -0.1) is 0 Å². The van der Waals surface area contributed by atoms with E-state index in [2.05, 4.69) is 9.82 Å². The highest BCUT2D eigenvalue weighted by molar-refractivity contribution is 7.89. The van der Waals surface area contributed by atoms with Crippen LogP contribution >= 0.6 is 0 Å². The van der Waals surface area contributed by atoms with Crippen LogP contribution in [0, 0.1) is 0 Å². The van der Waals surface area contributed by atoms with Crippen LogP contribution in [0.25, 0.3) is 11.5 Å². The minimum atomic E-state index is -3.64. The van der Waals surface area contributed by atoms with Crippen LogP contribution in [0.2, 0.25) is 0 Å². The standard InChI is InChI=1S/C17H17N3O4S/c1-13(12-18-25(22,23)14-6-3-2-4-7-14)20-17(21)10-9-15(19-20)16-8-5-11-24-16/h2-11,13,18H,12H2,1H3. The number of hydrogen-bond acceptors (Lipinski definition) is 5. The van der Waals surface area contributed by atoms with Crippen molar-refractivity contribution in [3.05, 3.63) is 71.2 Å². The lowest BCUT2D eigenvalue weighted by Gasteiger charge is -2.15. The maximum absolute atomic E-state index is 12.3. The molecule has 0 fully saturated rings. The van der Waals surface area contributed by atoms with Crippen LogP contribution < -0.4 is 10.3 Å². The van der Waals surface area contributed by atoms with Crippen LogP contribution in [0.1, 0.15) is 13.0 Å². The van der Waals surface area contributed by atoms with E-state index >= 15 is 0 Å². The van der Waals surface area contributed by atoms with E-state index in [0.29, 0.717) is 11.5 Å². The van der Waals surface area contributed by atoms with E-state index in [9.17, 15) is 13.2 Å². The molecule has 3 aromatic rings. The van der Waals surface area contributed by atoms with E-state index in [-0.39, 0.29) is 17.0 Å². The first-order valence-electron chi connectivity index (χ1n) is 7.66. The number of aromatic nitrogens is 2. The fourth-order valence-corrected chi connectivity index (χ4v) is 3.44. The monoisotopic (exact) mass is 359 g/mol. The van der Waals surface area contributed by atoms with Gasteiger partial charge in [-0.25, -0.2) is 17.8 Å². The Balaban J connectivity index is 1.79. The second kappa shape index (κ2) is 7.04. The van der Waals surface area contributed by atoms with Gasteiger partial charge in [0, 0.05) is 12.6 Å². The van der Waals surface area contributed by atoms with Crippen molar-refractivity contribution in [3.63, 3.8) is 0 Å². The van der Waals surface area contributed by atoms with Crippen LogP contribution in [0.3, 0.4) is 0 Å². The number of furan rings is 1. The zero-order chi connectivity index (χ0) is 17.9. The zero-order valence-corrected chi connectivity index (χ0v) is 14.3. The molecular formula is C17H17N3O4S. The Bertz CT molecular complexity index is 996. The molecule has 1 N–H and O–H groups in total. The summed E-state index contributed by atoms with van der Waals surface area (Å²) in [4.78, 5) is 12.2. The summed E-state index contributed by atoms with van der Waals surface area (Å²) in [6.45, 7) is 1.75. The lowest BCUT2D eigenvalue weighted by atomic mass is 10.3. The molecule has 7 nitrogen and oxygen atoms in total. The van der Waals surface area contributed by atoms with Crippen LogP contribution in [0.15, 0.2) is 75.0 Å². The fraction of sp³-hybridized carbons (Fsp3) is 0.176. The molecule has 0 saturated carbocycles. The highest BCUT2D eigenvalue weighted by Crippen LogP contribution is 2.16. The van der Waals surface area contributed by atoms with Crippen molar-refractivity contribution in [2.45, 2.75) is 17.9 Å². The largest absolute Gasteiger partial charge is 0.463 e. The zero-order valence-electron chi connectivity index (χ0n) is 13.5. The van der Waals surface area contributed by atoms with Crippen molar-refractivity contribution in [1.82, 2.24) is 14.5 Å². The molecule has 2 heterocycles. The van der Waals surface area contributed by atoms with Gasteiger partial charge in [-0.1, -0.05) is 18.2 Å². The topological polar surface area (TPSA) is 94.2 Å². The summed E-state index contributed by atoms with van der Waals surface area (Å²) in [5.41, 5.74) is 0.184. The van der Waals surface area contributed by atoms with Crippen molar-refractivity contribution in [2.75, 3.05) is 6.54 Å². The molecule has 0 bridgehead atoms. The Labute approximate surface area is 145 Å². The normalized spacial score (nSPS) is 12.8. The predicted molar refractivity (Wildman–Crippen MR) is 92.5 cm³/mol. The summed E-state index contributed by atoms with van der Waals surface area (Å²) < 4.78 is 33.6. The van der Waals surface area contributed by atoms with Gasteiger partial charge >= 0.3 is 0 Å². The maximum atomic E-state index is 12.3. The summed E-state index contributed by atoms with van der Waals surface area (Å²) >= 11 is 0. The van der Waals surface area contributed by atoms with Gasteiger partial charge in [0.1, 0.15) is 5.69 Å². The molecule has 1 atom stereocenters. The summed E-state index contributed by atoms with van der Waals surface area (Å²) in [5.74, 6) is 0.533. The number of nitrogens with one attached hydrogen (secondary N) is 1. The first kappa shape index (κ1) is 17.1. The smallest absolute Gasteiger partial charge is 0.267 e. The van der Waals surface area contributed by atoms with Gasteiger partial charge in [0.2, 0.25) is 10.0 Å². The molecule has 0 saturated heterocycles. The van der Waals surface area contributed by atoms with Crippen molar-refractivity contribution in [3.8, 4) is 11.5 Å². The second-order valence-corrected chi connectivity index (χ2v) is 7.26. The highest BCUT2D eigenvalue weighted by Gasteiger charge is 2.17. The molecule has 0 amide bonds. The Morgan fingerprint density at radius 1 is 1.12 bits per heavy atom. The van der Waals surface area contributed by atoms with Crippen molar-refractivity contribution >= 4 is 10.0 Å². The third-order valence-corrected chi connectivity index (χ3v) is 5.08. The summed E-state index contributed by atoms with van der Waals surface area (Å²) in [7, 11) is -3.64. The molecule has 130 valence electrons. The van der Waals surface area contributed by atoms with Gasteiger partial charge < -0.3 is 4.42 Å². The molecule has 0 aliphatic rings. The average Bonchev–Trinajstić information content (AvgIpc) is 3.15. The van der Waals surface area contributed by atoms with Gasteiger partial charge in [0.25, 0.3) is 5.56 Å². The van der Waals surface area contributed by atoms with Crippen LogP contribution in [-0.2, 0) is 10.0 Å². The first-order valence-corrected chi connectivity index (χ1v) is 9.14. The molecular weight excluding hydrogens is 342 g/mol. The second-order valence-electron chi connectivity index (χ2n) is 5.49. The summed E-state index contributed by atoms with van der Waals surface area (Å²) in [6, 6.07) is 14.0. The molecule has 25 heavy (non-hydrogen) atoms. The van der Waals surface area contributed by atoms with Gasteiger partial charge in [0.05, 0.1) is 17.2 Å². The lowest BCUT2D eigenvalue weighted by Crippen LogP contribution is -2.34. The molecule has 0 spiro atoms. The quantitative estimate of drug-likeness (QED) is 0.727. The van der Waals surface area contributed by atoms with E-state index < -0.39 is 16.1 Å². The Morgan fingerprint density at radius 3 is 2.56 bits per heavy atom. The Hall–Kier alpha value is -2.71. The Morgan fingerprint density at radius 2 is 1.88 bits per heavy atom. The summed E-state index contributed by atoms with van der Waals surface area (Å²) in [6.07, 6.45) is 1.52. The molecule has 1 aromatic carbocycles. The van der Waals surface area contributed by atoms with Crippen molar-refractivity contribution in [1.29, 1.82) is 0 Å². The van der Waals surface area contributed by atoms with Gasteiger partial charge in [-0.05, 0) is 37.3 Å². The van der Waals surface area contributed by atoms with E-state index in [0.717, 1.165) is 0 Å². The fourth-order valence-electron chi connectivity index (χ4n) is 2.30. The van der Waals surface area contributed by atoms with Gasteiger partial charge in [-0.3, -0.25) is 4.79 Å². The average molecular weight is 359 g/mol. The van der Waals surface area contributed by atoms with Crippen molar-refractivity contribution < 1.29 is 12.8 Å². The molecule has 0 aliphatic heterocycles. The number of rotatable bonds is 6. The molecule has 8 heteroatoms. The van der Waals surface area contributed by atoms with E-state index in [1.165, 1.54) is 29.1 Å².